The van der Waals surface area contributed by atoms with Gasteiger partial charge in [-0.25, -0.2) is 9.59 Å². The monoisotopic (exact) mass is 338 g/mol. The number of carboxylic acid groups (broad SMARTS) is 1. The number of hydrogen-bond acceptors (Lipinski definition) is 7. The average molecular weight is 338 g/mol. The van der Waals surface area contributed by atoms with Gasteiger partial charge in [0.25, 0.3) is 0 Å². The Hall–Kier alpha value is -2.42. The Morgan fingerprint density at radius 2 is 1.79 bits per heavy atom. The molecular weight excluding hydrogens is 320 g/mol. The second-order valence-corrected chi connectivity index (χ2v) is 5.70. The smallest absolute Gasteiger partial charge is 0.335 e. The highest BCUT2D eigenvalue weighted by molar-refractivity contribution is 5.87. The van der Waals surface area contributed by atoms with Gasteiger partial charge in [0, 0.05) is 18.9 Å². The quantitative estimate of drug-likeness (QED) is 0.370. The number of aromatic hydroxyl groups is 1. The zero-order chi connectivity index (χ0) is 17.9. The Kier molecular flexibility index (Phi) is 5.23. The Labute approximate surface area is 137 Å². The van der Waals surface area contributed by atoms with Crippen LogP contribution in [0.4, 0.5) is 0 Å². The molecule has 4 atom stereocenters. The number of esters is 1. The lowest BCUT2D eigenvalue weighted by Gasteiger charge is -2.39. The molecule has 0 amide bonds. The minimum atomic E-state index is -2.27. The van der Waals surface area contributed by atoms with Crippen LogP contribution < -0.4 is 0 Å². The third kappa shape index (κ3) is 4.10. The van der Waals surface area contributed by atoms with E-state index in [1.165, 1.54) is 18.2 Å². The molecule has 1 aromatic rings. The molecule has 0 heterocycles. The van der Waals surface area contributed by atoms with Crippen molar-refractivity contribution in [3.05, 3.63) is 35.9 Å². The van der Waals surface area contributed by atoms with E-state index in [1.54, 1.807) is 12.1 Å². The van der Waals surface area contributed by atoms with Crippen LogP contribution in [0.3, 0.4) is 0 Å². The fraction of sp³-hybridized carbons (Fsp3) is 0.375. The SMILES string of the molecule is O=C(/C=C/c1ccc(O)cc1)O[C@H]1C[C@](O)(C(=O)O)C[C@@H](O)[C@H]1O. The molecule has 0 saturated heterocycles. The Bertz CT molecular complexity index is 638. The maximum absolute atomic E-state index is 11.8. The van der Waals surface area contributed by atoms with Gasteiger partial charge >= 0.3 is 11.9 Å². The number of phenols is 1. The summed E-state index contributed by atoms with van der Waals surface area (Å²) < 4.78 is 4.96. The van der Waals surface area contributed by atoms with Gasteiger partial charge in [0.15, 0.2) is 5.60 Å². The lowest BCUT2D eigenvalue weighted by atomic mass is 9.79. The predicted molar refractivity (Wildman–Crippen MR) is 80.9 cm³/mol. The summed E-state index contributed by atoms with van der Waals surface area (Å²) in [5, 5.41) is 47.6. The molecule has 0 aromatic heterocycles. The molecule has 1 fully saturated rings. The van der Waals surface area contributed by atoms with Gasteiger partial charge in [0.05, 0.1) is 6.10 Å². The van der Waals surface area contributed by atoms with E-state index in [9.17, 15) is 24.9 Å². The van der Waals surface area contributed by atoms with Crippen LogP contribution in [0.2, 0.25) is 0 Å². The highest BCUT2D eigenvalue weighted by Crippen LogP contribution is 2.31. The van der Waals surface area contributed by atoms with Gasteiger partial charge in [-0.05, 0) is 23.8 Å². The van der Waals surface area contributed by atoms with Crippen LogP contribution in [-0.2, 0) is 14.3 Å². The van der Waals surface area contributed by atoms with Gasteiger partial charge in [-0.1, -0.05) is 12.1 Å². The van der Waals surface area contributed by atoms with E-state index >= 15 is 0 Å². The fourth-order valence-electron chi connectivity index (χ4n) is 2.48. The normalized spacial score (nSPS) is 30.2. The van der Waals surface area contributed by atoms with Crippen molar-refractivity contribution < 1.29 is 39.9 Å². The standard InChI is InChI=1S/C16H18O8/c17-10-4-1-9(2-5-10)3-6-13(19)24-12-8-16(23,15(21)22)7-11(18)14(12)20/h1-6,11-12,14,17-18,20,23H,7-8H2,(H,21,22)/b6-3+/t11-,12+,14-,16+/m1/s1. The van der Waals surface area contributed by atoms with Gasteiger partial charge in [0.1, 0.15) is 18.0 Å². The summed E-state index contributed by atoms with van der Waals surface area (Å²) in [5.74, 6) is -2.36. The third-order valence-electron chi connectivity index (χ3n) is 3.83. The minimum Gasteiger partial charge on any atom is -0.508 e. The van der Waals surface area contributed by atoms with Crippen molar-refractivity contribution in [3.63, 3.8) is 0 Å². The second-order valence-electron chi connectivity index (χ2n) is 5.70. The van der Waals surface area contributed by atoms with Crippen LogP contribution in [-0.4, -0.2) is 61.4 Å². The van der Waals surface area contributed by atoms with Crippen molar-refractivity contribution >= 4 is 18.0 Å². The molecule has 0 bridgehead atoms. The van der Waals surface area contributed by atoms with Gasteiger partial charge in [-0.3, -0.25) is 0 Å². The molecule has 1 aromatic carbocycles. The lowest BCUT2D eigenvalue weighted by molar-refractivity contribution is -0.196. The lowest BCUT2D eigenvalue weighted by Crippen LogP contribution is -2.57. The number of hydrogen-bond donors (Lipinski definition) is 5. The number of carboxylic acids is 1. The number of aliphatic hydroxyl groups is 3. The largest absolute Gasteiger partial charge is 0.508 e. The highest BCUT2D eigenvalue weighted by Gasteiger charge is 2.50. The zero-order valence-electron chi connectivity index (χ0n) is 12.6. The van der Waals surface area contributed by atoms with Crippen molar-refractivity contribution in [3.8, 4) is 5.75 Å². The molecular formula is C16H18O8. The molecule has 24 heavy (non-hydrogen) atoms. The molecule has 8 heteroatoms. The number of rotatable bonds is 4. The molecule has 130 valence electrons. The maximum atomic E-state index is 11.8. The first-order valence-corrected chi connectivity index (χ1v) is 7.21. The average Bonchev–Trinajstić information content (AvgIpc) is 2.51. The summed E-state index contributed by atoms with van der Waals surface area (Å²) in [6.07, 6.45) is -3.00. The number of aliphatic hydroxyl groups excluding tert-OH is 2. The second kappa shape index (κ2) is 7.00. The van der Waals surface area contributed by atoms with E-state index in [4.69, 9.17) is 14.9 Å². The summed E-state index contributed by atoms with van der Waals surface area (Å²) in [4.78, 5) is 22.9. The number of phenolic OH excluding ortho intramolecular Hbond substituents is 1. The van der Waals surface area contributed by atoms with Gasteiger partial charge in [0.2, 0.25) is 0 Å². The van der Waals surface area contributed by atoms with E-state index in [0.29, 0.717) is 5.56 Å². The van der Waals surface area contributed by atoms with E-state index in [0.717, 1.165) is 6.08 Å². The number of aliphatic carboxylic acids is 1. The molecule has 2 rings (SSSR count). The Morgan fingerprint density at radius 1 is 1.17 bits per heavy atom. The molecule has 5 N–H and O–H groups in total. The zero-order valence-corrected chi connectivity index (χ0v) is 12.6. The molecule has 0 radical (unpaired) electrons. The Morgan fingerprint density at radius 3 is 2.38 bits per heavy atom. The highest BCUT2D eigenvalue weighted by atomic mass is 16.6. The molecule has 0 unspecified atom stereocenters. The van der Waals surface area contributed by atoms with E-state index < -0.39 is 48.7 Å². The summed E-state index contributed by atoms with van der Waals surface area (Å²) in [5.41, 5.74) is -1.67. The van der Waals surface area contributed by atoms with Crippen LogP contribution in [0.5, 0.6) is 5.75 Å². The van der Waals surface area contributed by atoms with Crippen molar-refractivity contribution in [1.29, 1.82) is 0 Å². The summed E-state index contributed by atoms with van der Waals surface area (Å²) in [6, 6.07) is 5.97. The van der Waals surface area contributed by atoms with Crippen LogP contribution in [0.1, 0.15) is 18.4 Å². The van der Waals surface area contributed by atoms with Crippen LogP contribution in [0.25, 0.3) is 6.08 Å². The van der Waals surface area contributed by atoms with Crippen LogP contribution >= 0.6 is 0 Å². The van der Waals surface area contributed by atoms with E-state index in [-0.39, 0.29) is 5.75 Å². The first-order valence-electron chi connectivity index (χ1n) is 7.21. The predicted octanol–water partition coefficient (Wildman–Crippen LogP) is -0.352. The first-order chi connectivity index (χ1) is 11.2. The summed E-state index contributed by atoms with van der Waals surface area (Å²) >= 11 is 0. The minimum absolute atomic E-state index is 0.0713. The van der Waals surface area contributed by atoms with E-state index in [1.807, 2.05) is 0 Å². The fourth-order valence-corrected chi connectivity index (χ4v) is 2.48. The summed E-state index contributed by atoms with van der Waals surface area (Å²) in [7, 11) is 0. The number of ether oxygens (including phenoxy) is 1. The van der Waals surface area contributed by atoms with Crippen molar-refractivity contribution in [1.82, 2.24) is 0 Å². The molecule has 1 aliphatic carbocycles. The van der Waals surface area contributed by atoms with Crippen molar-refractivity contribution in [2.24, 2.45) is 0 Å². The molecule has 1 saturated carbocycles. The Balaban J connectivity index is 2.03. The van der Waals surface area contributed by atoms with Gasteiger partial charge in [-0.2, -0.15) is 0 Å². The van der Waals surface area contributed by atoms with Crippen LogP contribution in [0.15, 0.2) is 30.3 Å². The van der Waals surface area contributed by atoms with Gasteiger partial charge in [-0.15, -0.1) is 0 Å². The first kappa shape index (κ1) is 17.9. The molecule has 0 aliphatic heterocycles. The molecule has 1 aliphatic rings. The maximum Gasteiger partial charge on any atom is 0.335 e. The van der Waals surface area contributed by atoms with Crippen molar-refractivity contribution in [2.75, 3.05) is 0 Å². The molecule has 0 spiro atoms. The van der Waals surface area contributed by atoms with E-state index in [2.05, 4.69) is 0 Å². The number of carbonyl (C=O) groups is 2. The number of benzene rings is 1. The van der Waals surface area contributed by atoms with Gasteiger partial charge < -0.3 is 30.3 Å². The van der Waals surface area contributed by atoms with Crippen LogP contribution in [0, 0.1) is 0 Å². The topological polar surface area (TPSA) is 145 Å². The summed E-state index contributed by atoms with van der Waals surface area (Å²) in [6.45, 7) is 0. The molecule has 8 nitrogen and oxygen atoms in total. The van der Waals surface area contributed by atoms with Crippen molar-refractivity contribution in [2.45, 2.75) is 36.8 Å². The third-order valence-corrected chi connectivity index (χ3v) is 3.83. The number of carbonyl (C=O) groups excluding carboxylic acids is 1.